The smallest absolute Gasteiger partial charge is 0.355 e. The van der Waals surface area contributed by atoms with Gasteiger partial charge >= 0.3 is 5.97 Å². The van der Waals surface area contributed by atoms with Gasteiger partial charge in [0, 0.05) is 5.39 Å². The van der Waals surface area contributed by atoms with Crippen LogP contribution in [0.2, 0.25) is 0 Å². The van der Waals surface area contributed by atoms with Crippen LogP contribution in [0.3, 0.4) is 0 Å². The molecule has 100 valence electrons. The minimum Gasteiger partial charge on any atom is -0.456 e. The van der Waals surface area contributed by atoms with Crippen molar-refractivity contribution in [3.8, 4) is 0 Å². The molecule has 0 aliphatic heterocycles. The Balaban J connectivity index is 1.75. The lowest BCUT2D eigenvalue weighted by molar-refractivity contribution is 0.0467. The number of ether oxygens (including phenoxy) is 1. The van der Waals surface area contributed by atoms with Gasteiger partial charge in [-0.2, -0.15) is 0 Å². The lowest BCUT2D eigenvalue weighted by Crippen LogP contribution is -2.05. The lowest BCUT2D eigenvalue weighted by Gasteiger charge is -2.02. The van der Waals surface area contributed by atoms with E-state index in [0.29, 0.717) is 5.69 Å². The first-order valence-electron chi connectivity index (χ1n) is 6.08. The zero-order valence-corrected chi connectivity index (χ0v) is 12.1. The van der Waals surface area contributed by atoms with E-state index in [1.165, 1.54) is 0 Å². The van der Waals surface area contributed by atoms with Crippen molar-refractivity contribution in [1.29, 1.82) is 0 Å². The Kier molecular flexibility index (Phi) is 3.52. The number of benzene rings is 1. The van der Waals surface area contributed by atoms with Gasteiger partial charge in [-0.1, -0.05) is 30.3 Å². The fourth-order valence-corrected chi connectivity index (χ4v) is 2.26. The van der Waals surface area contributed by atoms with Crippen LogP contribution in [0, 0.1) is 0 Å². The van der Waals surface area contributed by atoms with Crippen LogP contribution < -0.4 is 0 Å². The quantitative estimate of drug-likeness (QED) is 0.588. The summed E-state index contributed by atoms with van der Waals surface area (Å²) in [5.74, 6) is -0.374. The molecule has 0 radical (unpaired) electrons. The maximum absolute atomic E-state index is 12.0. The summed E-state index contributed by atoms with van der Waals surface area (Å²) in [6.45, 7) is 0.261. The molecule has 20 heavy (non-hydrogen) atoms. The van der Waals surface area contributed by atoms with Crippen LogP contribution in [0.1, 0.15) is 16.1 Å². The number of pyridine rings is 1. The molecule has 5 heteroatoms. The molecule has 0 fully saturated rings. The highest BCUT2D eigenvalue weighted by Gasteiger charge is 2.11. The molecule has 2 heterocycles. The van der Waals surface area contributed by atoms with Gasteiger partial charge in [0.1, 0.15) is 16.9 Å². The van der Waals surface area contributed by atoms with Crippen molar-refractivity contribution in [2.75, 3.05) is 0 Å². The number of aromatic amines is 1. The number of carbonyl (C=O) groups is 1. The second-order valence-corrected chi connectivity index (χ2v) is 5.15. The molecule has 0 unspecified atom stereocenters. The normalized spacial score (nSPS) is 10.7. The van der Waals surface area contributed by atoms with E-state index in [2.05, 4.69) is 25.9 Å². The summed E-state index contributed by atoms with van der Waals surface area (Å²) < 4.78 is 6.00. The van der Waals surface area contributed by atoms with Crippen LogP contribution in [0.25, 0.3) is 10.9 Å². The molecule has 0 spiro atoms. The van der Waals surface area contributed by atoms with Gasteiger partial charge in [-0.05, 0) is 33.6 Å². The molecule has 2 aromatic heterocycles. The van der Waals surface area contributed by atoms with Gasteiger partial charge in [0.25, 0.3) is 0 Å². The third-order valence-corrected chi connectivity index (χ3v) is 3.34. The largest absolute Gasteiger partial charge is 0.456 e. The van der Waals surface area contributed by atoms with E-state index >= 15 is 0 Å². The third kappa shape index (κ3) is 2.72. The molecule has 0 saturated carbocycles. The number of hydrogen-bond donors (Lipinski definition) is 1. The van der Waals surface area contributed by atoms with Crippen molar-refractivity contribution < 1.29 is 9.53 Å². The average Bonchev–Trinajstić information content (AvgIpc) is 2.89. The Morgan fingerprint density at radius 1 is 1.25 bits per heavy atom. The van der Waals surface area contributed by atoms with E-state index in [9.17, 15) is 4.79 Å². The molecule has 0 saturated heterocycles. The molecule has 3 rings (SSSR count). The Morgan fingerprint density at radius 3 is 2.85 bits per heavy atom. The van der Waals surface area contributed by atoms with Gasteiger partial charge in [0.2, 0.25) is 0 Å². The minimum atomic E-state index is -0.374. The van der Waals surface area contributed by atoms with Crippen LogP contribution in [0.4, 0.5) is 0 Å². The highest BCUT2D eigenvalue weighted by Crippen LogP contribution is 2.18. The Morgan fingerprint density at radius 2 is 2.05 bits per heavy atom. The van der Waals surface area contributed by atoms with E-state index in [-0.39, 0.29) is 12.6 Å². The number of carbonyl (C=O) groups excluding carboxylic acids is 1. The summed E-state index contributed by atoms with van der Waals surface area (Å²) in [7, 11) is 0. The molecule has 3 aromatic rings. The van der Waals surface area contributed by atoms with Crippen molar-refractivity contribution in [1.82, 2.24) is 9.97 Å². The van der Waals surface area contributed by atoms with Gasteiger partial charge in [-0.25, -0.2) is 9.78 Å². The van der Waals surface area contributed by atoms with Crippen LogP contribution in [-0.4, -0.2) is 15.9 Å². The van der Waals surface area contributed by atoms with Gasteiger partial charge in [-0.15, -0.1) is 0 Å². The SMILES string of the molecule is O=C(OCc1ccccc1)c1cc2cc(Br)ncc2[nH]1. The van der Waals surface area contributed by atoms with Crippen LogP contribution in [0.15, 0.2) is 53.3 Å². The molecule has 0 aliphatic rings. The number of H-pyrrole nitrogens is 1. The van der Waals surface area contributed by atoms with Crippen LogP contribution in [0.5, 0.6) is 0 Å². The first kappa shape index (κ1) is 12.9. The lowest BCUT2D eigenvalue weighted by atomic mass is 10.2. The molecular formula is C15H11BrN2O2. The fraction of sp³-hybridized carbons (Fsp3) is 0.0667. The number of aromatic nitrogens is 2. The van der Waals surface area contributed by atoms with E-state index in [0.717, 1.165) is 21.1 Å². The van der Waals surface area contributed by atoms with Crippen molar-refractivity contribution >= 4 is 32.8 Å². The predicted octanol–water partition coefficient (Wildman–Crippen LogP) is 3.68. The first-order chi connectivity index (χ1) is 9.72. The molecule has 0 aliphatic carbocycles. The summed E-state index contributed by atoms with van der Waals surface area (Å²) in [6.07, 6.45) is 1.67. The summed E-state index contributed by atoms with van der Waals surface area (Å²) >= 11 is 3.30. The summed E-state index contributed by atoms with van der Waals surface area (Å²) in [5, 5.41) is 0.915. The number of fused-ring (bicyclic) bond motifs is 1. The second-order valence-electron chi connectivity index (χ2n) is 4.34. The zero-order chi connectivity index (χ0) is 13.9. The number of nitrogens with zero attached hydrogens (tertiary/aromatic N) is 1. The van der Waals surface area contributed by atoms with Gasteiger partial charge < -0.3 is 9.72 Å². The Labute approximate surface area is 123 Å². The highest BCUT2D eigenvalue weighted by atomic mass is 79.9. The molecule has 1 aromatic carbocycles. The number of nitrogens with one attached hydrogen (secondary N) is 1. The van der Waals surface area contributed by atoms with Gasteiger partial charge in [0.15, 0.2) is 0 Å². The van der Waals surface area contributed by atoms with Gasteiger partial charge in [-0.3, -0.25) is 0 Å². The van der Waals surface area contributed by atoms with Gasteiger partial charge in [0.05, 0.1) is 11.7 Å². The number of rotatable bonds is 3. The van der Waals surface area contributed by atoms with Crippen molar-refractivity contribution in [3.05, 3.63) is 64.5 Å². The molecule has 0 amide bonds. The molecular weight excluding hydrogens is 320 g/mol. The average molecular weight is 331 g/mol. The predicted molar refractivity (Wildman–Crippen MR) is 79.4 cm³/mol. The van der Waals surface area contributed by atoms with Crippen LogP contribution >= 0.6 is 15.9 Å². The molecule has 0 bridgehead atoms. The molecule has 1 N–H and O–H groups in total. The molecule has 0 atom stereocenters. The van der Waals surface area contributed by atoms with Crippen LogP contribution in [-0.2, 0) is 11.3 Å². The van der Waals surface area contributed by atoms with Crippen molar-refractivity contribution in [2.45, 2.75) is 6.61 Å². The monoisotopic (exact) mass is 330 g/mol. The summed E-state index contributed by atoms with van der Waals surface area (Å²) in [6, 6.07) is 13.2. The Hall–Kier alpha value is -2.14. The van der Waals surface area contributed by atoms with E-state index in [1.807, 2.05) is 36.4 Å². The topological polar surface area (TPSA) is 55.0 Å². The third-order valence-electron chi connectivity index (χ3n) is 2.90. The number of esters is 1. The number of hydrogen-bond acceptors (Lipinski definition) is 3. The summed E-state index contributed by atoms with van der Waals surface area (Å²) in [5.41, 5.74) is 2.19. The molecule has 4 nitrogen and oxygen atoms in total. The first-order valence-corrected chi connectivity index (χ1v) is 6.87. The zero-order valence-electron chi connectivity index (χ0n) is 10.5. The highest BCUT2D eigenvalue weighted by molar-refractivity contribution is 9.10. The van der Waals surface area contributed by atoms with Crippen molar-refractivity contribution in [3.63, 3.8) is 0 Å². The maximum Gasteiger partial charge on any atom is 0.355 e. The minimum absolute atomic E-state index is 0.261. The Bertz CT molecular complexity index is 753. The number of halogens is 1. The van der Waals surface area contributed by atoms with E-state index in [1.54, 1.807) is 12.3 Å². The maximum atomic E-state index is 12.0. The second kappa shape index (κ2) is 5.46. The van der Waals surface area contributed by atoms with E-state index in [4.69, 9.17) is 4.74 Å². The van der Waals surface area contributed by atoms with Crippen molar-refractivity contribution in [2.24, 2.45) is 0 Å². The van der Waals surface area contributed by atoms with E-state index < -0.39 is 0 Å². The fourth-order valence-electron chi connectivity index (χ4n) is 1.92. The standard InChI is InChI=1S/C15H11BrN2O2/c16-14-7-11-6-12(18-13(11)8-17-14)15(19)20-9-10-4-2-1-3-5-10/h1-8,18H,9H2. The summed E-state index contributed by atoms with van der Waals surface area (Å²) in [4.78, 5) is 19.1.